The van der Waals surface area contributed by atoms with Gasteiger partial charge >= 0.3 is 0 Å². The SMILES string of the molecule is O=C(/C=C/c1c(Cl)nc2ccccn12)NC(c1ccccc1)c1ccncc1. The van der Waals surface area contributed by atoms with Gasteiger partial charge in [0, 0.05) is 24.7 Å². The standard InChI is InChI=1S/C22H17ClN4O/c23-22-18(27-15-5-4-8-19(27)25-22)9-10-20(28)26-21(16-6-2-1-3-7-16)17-11-13-24-14-12-17/h1-15,21H,(H,26,28)/b10-9+. The van der Waals surface area contributed by atoms with Crippen molar-refractivity contribution in [2.45, 2.75) is 6.04 Å². The molecule has 0 aliphatic heterocycles. The van der Waals surface area contributed by atoms with Gasteiger partial charge in [-0.05, 0) is 41.5 Å². The number of aromatic nitrogens is 3. The van der Waals surface area contributed by atoms with Crippen molar-refractivity contribution in [2.24, 2.45) is 0 Å². The molecule has 0 saturated carbocycles. The Balaban J connectivity index is 1.60. The third-order valence-corrected chi connectivity index (χ3v) is 4.65. The fraction of sp³-hybridized carbons (Fsp3) is 0.0455. The second-order valence-corrected chi connectivity index (χ2v) is 6.54. The summed E-state index contributed by atoms with van der Waals surface area (Å²) in [6.07, 6.45) is 8.43. The van der Waals surface area contributed by atoms with E-state index in [4.69, 9.17) is 11.6 Å². The minimum Gasteiger partial charge on any atom is -0.342 e. The molecule has 1 atom stereocenters. The topological polar surface area (TPSA) is 59.3 Å². The molecule has 4 rings (SSSR count). The van der Waals surface area contributed by atoms with Gasteiger partial charge in [0.05, 0.1) is 11.7 Å². The van der Waals surface area contributed by atoms with E-state index in [0.717, 1.165) is 16.8 Å². The van der Waals surface area contributed by atoms with E-state index in [1.165, 1.54) is 6.08 Å². The molecule has 0 bridgehead atoms. The monoisotopic (exact) mass is 388 g/mol. The lowest BCUT2D eigenvalue weighted by Gasteiger charge is -2.18. The number of pyridine rings is 2. The van der Waals surface area contributed by atoms with Crippen molar-refractivity contribution in [2.75, 3.05) is 0 Å². The first-order valence-corrected chi connectivity index (χ1v) is 9.16. The summed E-state index contributed by atoms with van der Waals surface area (Å²) in [7, 11) is 0. The fourth-order valence-electron chi connectivity index (χ4n) is 3.04. The van der Waals surface area contributed by atoms with Gasteiger partial charge in [0.1, 0.15) is 5.65 Å². The van der Waals surface area contributed by atoms with Crippen LogP contribution in [0.15, 0.2) is 85.3 Å². The summed E-state index contributed by atoms with van der Waals surface area (Å²) >= 11 is 6.23. The van der Waals surface area contributed by atoms with Crippen LogP contribution in [0.1, 0.15) is 22.9 Å². The summed E-state index contributed by atoms with van der Waals surface area (Å²) in [5, 5.41) is 3.40. The largest absolute Gasteiger partial charge is 0.342 e. The maximum Gasteiger partial charge on any atom is 0.244 e. The van der Waals surface area contributed by atoms with E-state index in [-0.39, 0.29) is 11.9 Å². The van der Waals surface area contributed by atoms with E-state index in [1.807, 2.05) is 71.3 Å². The summed E-state index contributed by atoms with van der Waals surface area (Å²) < 4.78 is 1.84. The Bertz CT molecular complexity index is 1080. The number of carbonyl (C=O) groups is 1. The highest BCUT2D eigenvalue weighted by Crippen LogP contribution is 2.22. The van der Waals surface area contributed by atoms with Gasteiger partial charge in [0.15, 0.2) is 5.15 Å². The number of rotatable bonds is 5. The first-order chi connectivity index (χ1) is 13.7. The fourth-order valence-corrected chi connectivity index (χ4v) is 3.28. The molecule has 0 saturated heterocycles. The van der Waals surface area contributed by atoms with Crippen LogP contribution in [0, 0.1) is 0 Å². The van der Waals surface area contributed by atoms with Crippen LogP contribution in [0.3, 0.4) is 0 Å². The Kier molecular flexibility index (Phi) is 5.17. The summed E-state index contributed by atoms with van der Waals surface area (Å²) in [6.45, 7) is 0. The van der Waals surface area contributed by atoms with Crippen LogP contribution in [0.2, 0.25) is 5.15 Å². The molecule has 0 aliphatic rings. The number of nitrogens with one attached hydrogen (secondary N) is 1. The number of amides is 1. The van der Waals surface area contributed by atoms with Crippen molar-refractivity contribution < 1.29 is 4.79 Å². The van der Waals surface area contributed by atoms with Crippen LogP contribution in [-0.2, 0) is 4.79 Å². The van der Waals surface area contributed by atoms with Gasteiger partial charge in [-0.3, -0.25) is 14.2 Å². The molecule has 0 fully saturated rings. The van der Waals surface area contributed by atoms with Gasteiger partial charge in [-0.15, -0.1) is 0 Å². The second kappa shape index (κ2) is 8.06. The normalized spacial score (nSPS) is 12.3. The molecule has 1 aromatic carbocycles. The second-order valence-electron chi connectivity index (χ2n) is 6.18. The number of hydrogen-bond acceptors (Lipinski definition) is 3. The van der Waals surface area contributed by atoms with Crippen molar-refractivity contribution in [3.63, 3.8) is 0 Å². The third kappa shape index (κ3) is 3.80. The van der Waals surface area contributed by atoms with Gasteiger partial charge in [0.25, 0.3) is 0 Å². The van der Waals surface area contributed by atoms with E-state index in [0.29, 0.717) is 10.8 Å². The summed E-state index contributed by atoms with van der Waals surface area (Å²) in [5.41, 5.74) is 3.33. The summed E-state index contributed by atoms with van der Waals surface area (Å²) in [6, 6.07) is 18.9. The Morgan fingerprint density at radius 1 is 1.00 bits per heavy atom. The molecule has 1 N–H and O–H groups in total. The predicted molar refractivity (Wildman–Crippen MR) is 110 cm³/mol. The molecule has 4 aromatic rings. The first-order valence-electron chi connectivity index (χ1n) is 8.78. The van der Waals surface area contributed by atoms with Crippen LogP contribution < -0.4 is 5.32 Å². The number of imidazole rings is 1. The molecule has 0 aliphatic carbocycles. The zero-order chi connectivity index (χ0) is 19.3. The highest BCUT2D eigenvalue weighted by molar-refractivity contribution is 6.31. The number of halogens is 1. The molecular formula is C22H17ClN4O. The van der Waals surface area contributed by atoms with Gasteiger partial charge < -0.3 is 5.32 Å². The maximum absolute atomic E-state index is 12.7. The van der Waals surface area contributed by atoms with Crippen molar-refractivity contribution in [3.05, 3.63) is 107 Å². The molecule has 28 heavy (non-hydrogen) atoms. The van der Waals surface area contributed by atoms with E-state index in [2.05, 4.69) is 15.3 Å². The Morgan fingerprint density at radius 2 is 1.71 bits per heavy atom. The number of hydrogen-bond donors (Lipinski definition) is 1. The average molecular weight is 389 g/mol. The summed E-state index contributed by atoms with van der Waals surface area (Å²) in [4.78, 5) is 21.0. The van der Waals surface area contributed by atoms with Crippen LogP contribution in [-0.4, -0.2) is 20.3 Å². The zero-order valence-corrected chi connectivity index (χ0v) is 15.6. The molecule has 1 amide bonds. The number of fused-ring (bicyclic) bond motifs is 1. The van der Waals surface area contributed by atoms with E-state index in [1.54, 1.807) is 18.5 Å². The van der Waals surface area contributed by atoms with Crippen molar-refractivity contribution in [3.8, 4) is 0 Å². The highest BCUT2D eigenvalue weighted by Gasteiger charge is 2.15. The minimum atomic E-state index is -0.279. The van der Waals surface area contributed by atoms with Gasteiger partial charge in [-0.2, -0.15) is 0 Å². The van der Waals surface area contributed by atoms with Crippen LogP contribution in [0.5, 0.6) is 0 Å². The van der Waals surface area contributed by atoms with Gasteiger partial charge in [0.2, 0.25) is 5.91 Å². The Labute approximate surface area is 167 Å². The molecular weight excluding hydrogens is 372 g/mol. The molecule has 5 nitrogen and oxygen atoms in total. The molecule has 6 heteroatoms. The molecule has 3 heterocycles. The first kappa shape index (κ1) is 17.9. The Hall–Kier alpha value is -3.44. The Morgan fingerprint density at radius 3 is 2.50 bits per heavy atom. The van der Waals surface area contributed by atoms with Crippen molar-refractivity contribution in [1.82, 2.24) is 19.7 Å². The number of carbonyl (C=O) groups excluding carboxylic acids is 1. The average Bonchev–Trinajstić information content (AvgIpc) is 3.06. The lowest BCUT2D eigenvalue weighted by atomic mass is 9.99. The molecule has 1 unspecified atom stereocenters. The summed E-state index contributed by atoms with van der Waals surface area (Å²) in [5.74, 6) is -0.229. The quantitative estimate of drug-likeness (QED) is 0.518. The van der Waals surface area contributed by atoms with E-state index in [9.17, 15) is 4.79 Å². The third-order valence-electron chi connectivity index (χ3n) is 4.37. The van der Waals surface area contributed by atoms with Crippen LogP contribution in [0.4, 0.5) is 0 Å². The number of nitrogens with zero attached hydrogens (tertiary/aromatic N) is 3. The minimum absolute atomic E-state index is 0.229. The zero-order valence-electron chi connectivity index (χ0n) is 14.9. The van der Waals surface area contributed by atoms with Gasteiger partial charge in [-0.1, -0.05) is 48.0 Å². The van der Waals surface area contributed by atoms with Gasteiger partial charge in [-0.25, -0.2) is 4.98 Å². The smallest absolute Gasteiger partial charge is 0.244 e. The van der Waals surface area contributed by atoms with E-state index < -0.39 is 0 Å². The predicted octanol–water partition coefficient (Wildman–Crippen LogP) is 4.30. The maximum atomic E-state index is 12.7. The lowest BCUT2D eigenvalue weighted by molar-refractivity contribution is -0.116. The van der Waals surface area contributed by atoms with Crippen LogP contribution in [0.25, 0.3) is 11.7 Å². The number of benzene rings is 1. The molecule has 3 aromatic heterocycles. The molecule has 0 radical (unpaired) electrons. The van der Waals surface area contributed by atoms with E-state index >= 15 is 0 Å². The molecule has 0 spiro atoms. The van der Waals surface area contributed by atoms with Crippen molar-refractivity contribution in [1.29, 1.82) is 0 Å². The van der Waals surface area contributed by atoms with Crippen molar-refractivity contribution >= 4 is 29.2 Å². The van der Waals surface area contributed by atoms with Crippen LogP contribution >= 0.6 is 11.6 Å². The lowest BCUT2D eigenvalue weighted by Crippen LogP contribution is -2.27. The molecule has 138 valence electrons. The highest BCUT2D eigenvalue weighted by atomic mass is 35.5.